The van der Waals surface area contributed by atoms with Gasteiger partial charge in [0, 0.05) is 25.0 Å². The van der Waals surface area contributed by atoms with Gasteiger partial charge in [0.1, 0.15) is 6.29 Å². The average molecular weight is 250 g/mol. The lowest BCUT2D eigenvalue weighted by molar-refractivity contribution is -0.112. The number of carbonyl (C=O) groups is 1. The van der Waals surface area contributed by atoms with E-state index in [1.54, 1.807) is 6.07 Å². The summed E-state index contributed by atoms with van der Waals surface area (Å²) in [5.41, 5.74) is 0.883. The molecule has 0 bridgehead atoms. The molecule has 1 fully saturated rings. The van der Waals surface area contributed by atoms with E-state index < -0.39 is 0 Å². The molecule has 1 aliphatic rings. The normalized spacial score (nSPS) is 23.8. The van der Waals surface area contributed by atoms with Crippen molar-refractivity contribution in [1.29, 1.82) is 0 Å². The molecule has 0 spiro atoms. The molecule has 5 heteroatoms. The maximum absolute atomic E-state index is 10.9. The summed E-state index contributed by atoms with van der Waals surface area (Å²) in [6, 6.07) is 4.91. The average Bonchev–Trinajstić information content (AvgIpc) is 2.40. The smallest absolute Gasteiger partial charge is 0.157 e. The molecule has 1 aromatic rings. The van der Waals surface area contributed by atoms with Crippen LogP contribution in [0.4, 0.5) is 0 Å². The molecule has 0 radical (unpaired) electrons. The van der Waals surface area contributed by atoms with Gasteiger partial charge in [0.2, 0.25) is 0 Å². The molecule has 18 heavy (non-hydrogen) atoms. The lowest BCUT2D eigenvalue weighted by atomic mass is 9.94. The molecule has 2 atom stereocenters. The van der Waals surface area contributed by atoms with Crippen molar-refractivity contribution in [3.8, 4) is 11.5 Å². The number of benzene rings is 1. The molecule has 2 rings (SSSR count). The van der Waals surface area contributed by atoms with Crippen LogP contribution in [0.25, 0.3) is 0 Å². The molecule has 0 aliphatic carbocycles. The minimum atomic E-state index is -0.119. The first-order chi connectivity index (χ1) is 8.70. The van der Waals surface area contributed by atoms with Crippen LogP contribution in [-0.4, -0.2) is 35.6 Å². The van der Waals surface area contributed by atoms with E-state index in [2.05, 4.69) is 10.6 Å². The van der Waals surface area contributed by atoms with Gasteiger partial charge in [0.15, 0.2) is 11.5 Å². The minimum absolute atomic E-state index is 0.00976. The lowest BCUT2D eigenvalue weighted by Gasteiger charge is -2.29. The second-order valence-corrected chi connectivity index (χ2v) is 4.60. The molecule has 2 unspecified atom stereocenters. The van der Waals surface area contributed by atoms with Crippen LogP contribution in [-0.2, 0) is 11.3 Å². The SMILES string of the molecule is O=CC1CNCCC1NCc1ccc(O)c(O)c1. The van der Waals surface area contributed by atoms with Crippen LogP contribution in [0.15, 0.2) is 18.2 Å². The Balaban J connectivity index is 1.93. The van der Waals surface area contributed by atoms with E-state index in [1.807, 2.05) is 0 Å². The van der Waals surface area contributed by atoms with Gasteiger partial charge in [-0.2, -0.15) is 0 Å². The molecule has 98 valence electrons. The Bertz CT molecular complexity index is 423. The predicted molar refractivity (Wildman–Crippen MR) is 67.4 cm³/mol. The monoisotopic (exact) mass is 250 g/mol. The standard InChI is InChI=1S/C13H18N2O3/c16-8-10-7-14-4-3-11(10)15-6-9-1-2-12(17)13(18)5-9/h1-2,5,8,10-11,14-15,17-18H,3-4,6-7H2. The summed E-state index contributed by atoms with van der Waals surface area (Å²) < 4.78 is 0. The number of phenolic OH excluding ortho intramolecular Hbond substituents is 2. The van der Waals surface area contributed by atoms with Crippen LogP contribution in [0.1, 0.15) is 12.0 Å². The van der Waals surface area contributed by atoms with Gasteiger partial charge < -0.3 is 25.6 Å². The number of aldehydes is 1. The fraction of sp³-hybridized carbons (Fsp3) is 0.462. The molecule has 1 heterocycles. The van der Waals surface area contributed by atoms with Crippen molar-refractivity contribution in [1.82, 2.24) is 10.6 Å². The predicted octanol–water partition coefficient (Wildman–Crippen LogP) is 0.364. The van der Waals surface area contributed by atoms with Gasteiger partial charge >= 0.3 is 0 Å². The minimum Gasteiger partial charge on any atom is -0.504 e. The Kier molecular flexibility index (Phi) is 4.17. The highest BCUT2D eigenvalue weighted by Crippen LogP contribution is 2.24. The number of carbonyl (C=O) groups excluding carboxylic acids is 1. The van der Waals surface area contributed by atoms with Crippen molar-refractivity contribution in [3.05, 3.63) is 23.8 Å². The van der Waals surface area contributed by atoms with Gasteiger partial charge in [-0.25, -0.2) is 0 Å². The van der Waals surface area contributed by atoms with Crippen LogP contribution in [0.5, 0.6) is 11.5 Å². The highest BCUT2D eigenvalue weighted by molar-refractivity contribution is 5.55. The molecule has 5 nitrogen and oxygen atoms in total. The van der Waals surface area contributed by atoms with Crippen LogP contribution < -0.4 is 10.6 Å². The zero-order valence-electron chi connectivity index (χ0n) is 10.1. The maximum atomic E-state index is 10.9. The number of hydrogen-bond acceptors (Lipinski definition) is 5. The fourth-order valence-electron chi connectivity index (χ4n) is 2.21. The second-order valence-electron chi connectivity index (χ2n) is 4.60. The molecule has 0 saturated carbocycles. The molecular weight excluding hydrogens is 232 g/mol. The van der Waals surface area contributed by atoms with Crippen LogP contribution in [0.3, 0.4) is 0 Å². The number of piperidine rings is 1. The van der Waals surface area contributed by atoms with E-state index in [4.69, 9.17) is 0 Å². The van der Waals surface area contributed by atoms with Gasteiger partial charge in [-0.05, 0) is 30.7 Å². The molecule has 0 aromatic heterocycles. The quantitative estimate of drug-likeness (QED) is 0.458. The molecule has 4 N–H and O–H groups in total. The topological polar surface area (TPSA) is 81.6 Å². The third kappa shape index (κ3) is 3.00. The Labute approximate surface area is 106 Å². The van der Waals surface area contributed by atoms with Gasteiger partial charge in [0.25, 0.3) is 0 Å². The van der Waals surface area contributed by atoms with Gasteiger partial charge in [-0.1, -0.05) is 6.07 Å². The maximum Gasteiger partial charge on any atom is 0.157 e. The van der Waals surface area contributed by atoms with E-state index in [0.717, 1.165) is 24.8 Å². The highest BCUT2D eigenvalue weighted by atomic mass is 16.3. The molecule has 1 aliphatic heterocycles. The first-order valence-electron chi connectivity index (χ1n) is 6.11. The third-order valence-corrected chi connectivity index (χ3v) is 3.31. The molecule has 1 aromatic carbocycles. The summed E-state index contributed by atoms with van der Waals surface area (Å²) in [6.07, 6.45) is 1.89. The number of aromatic hydroxyl groups is 2. The number of hydrogen-bond donors (Lipinski definition) is 4. The highest BCUT2D eigenvalue weighted by Gasteiger charge is 2.23. The summed E-state index contributed by atoms with van der Waals surface area (Å²) >= 11 is 0. The first kappa shape index (κ1) is 12.9. The first-order valence-corrected chi connectivity index (χ1v) is 6.11. The third-order valence-electron chi connectivity index (χ3n) is 3.31. The Morgan fingerprint density at radius 2 is 2.22 bits per heavy atom. The fourth-order valence-corrected chi connectivity index (χ4v) is 2.21. The summed E-state index contributed by atoms with van der Waals surface area (Å²) in [5.74, 6) is -0.248. The summed E-state index contributed by atoms with van der Waals surface area (Å²) in [5, 5.41) is 25.1. The van der Waals surface area contributed by atoms with Crippen LogP contribution in [0, 0.1) is 5.92 Å². The van der Waals surface area contributed by atoms with Crippen molar-refractivity contribution in [2.24, 2.45) is 5.92 Å². The van der Waals surface area contributed by atoms with E-state index in [0.29, 0.717) is 13.1 Å². The van der Waals surface area contributed by atoms with Crippen molar-refractivity contribution in [3.63, 3.8) is 0 Å². The molecule has 0 amide bonds. The lowest BCUT2D eigenvalue weighted by Crippen LogP contribution is -2.47. The van der Waals surface area contributed by atoms with E-state index in [-0.39, 0.29) is 23.5 Å². The van der Waals surface area contributed by atoms with Crippen LogP contribution in [0.2, 0.25) is 0 Å². The molecule has 1 saturated heterocycles. The Morgan fingerprint density at radius 1 is 1.39 bits per heavy atom. The summed E-state index contributed by atoms with van der Waals surface area (Å²) in [6.45, 7) is 2.19. The Hall–Kier alpha value is -1.59. The van der Waals surface area contributed by atoms with Gasteiger partial charge in [-0.3, -0.25) is 0 Å². The van der Waals surface area contributed by atoms with E-state index >= 15 is 0 Å². The van der Waals surface area contributed by atoms with Crippen molar-refractivity contribution < 1.29 is 15.0 Å². The number of nitrogens with one attached hydrogen (secondary N) is 2. The summed E-state index contributed by atoms with van der Waals surface area (Å²) in [4.78, 5) is 10.9. The van der Waals surface area contributed by atoms with E-state index in [1.165, 1.54) is 12.1 Å². The largest absolute Gasteiger partial charge is 0.504 e. The number of rotatable bonds is 4. The zero-order valence-corrected chi connectivity index (χ0v) is 10.1. The molecular formula is C13H18N2O3. The van der Waals surface area contributed by atoms with Crippen molar-refractivity contribution >= 4 is 6.29 Å². The summed E-state index contributed by atoms with van der Waals surface area (Å²) in [7, 11) is 0. The van der Waals surface area contributed by atoms with Gasteiger partial charge in [0.05, 0.1) is 0 Å². The number of phenols is 2. The van der Waals surface area contributed by atoms with E-state index in [9.17, 15) is 15.0 Å². The van der Waals surface area contributed by atoms with Gasteiger partial charge in [-0.15, -0.1) is 0 Å². The van der Waals surface area contributed by atoms with Crippen LogP contribution >= 0.6 is 0 Å². The Morgan fingerprint density at radius 3 is 2.94 bits per heavy atom. The van der Waals surface area contributed by atoms with Crippen molar-refractivity contribution in [2.45, 2.75) is 19.0 Å². The van der Waals surface area contributed by atoms with Crippen molar-refractivity contribution in [2.75, 3.05) is 13.1 Å². The zero-order chi connectivity index (χ0) is 13.0. The second kappa shape index (κ2) is 5.84.